The highest BCUT2D eigenvalue weighted by atomic mass is 127. The van der Waals surface area contributed by atoms with Crippen molar-refractivity contribution in [3.05, 3.63) is 21.3 Å². The summed E-state index contributed by atoms with van der Waals surface area (Å²) in [4.78, 5) is 0. The molecule has 0 aliphatic rings. The molecule has 0 saturated carbocycles. The number of benzene rings is 1. The Labute approximate surface area is 80.1 Å². The van der Waals surface area contributed by atoms with Crippen LogP contribution in [0.1, 0.15) is 12.5 Å². The molecule has 0 radical (unpaired) electrons. The summed E-state index contributed by atoms with van der Waals surface area (Å²) in [6.07, 6.45) is 0.940. The van der Waals surface area contributed by atoms with Crippen molar-refractivity contribution < 1.29 is 0 Å². The van der Waals surface area contributed by atoms with Crippen LogP contribution in [0, 0.1) is 3.57 Å². The number of halogens is 1. The minimum atomic E-state index is 0.683. The SMILES string of the molecule is CCc1c(I)ccc(N)c1N. The van der Waals surface area contributed by atoms with Crippen LogP contribution in [-0.2, 0) is 6.42 Å². The first-order chi connectivity index (χ1) is 5.16. The van der Waals surface area contributed by atoms with Gasteiger partial charge in [0.05, 0.1) is 11.4 Å². The second-order valence-electron chi connectivity index (χ2n) is 2.38. The molecule has 3 heteroatoms. The maximum Gasteiger partial charge on any atom is 0.0590 e. The van der Waals surface area contributed by atoms with E-state index in [4.69, 9.17) is 11.5 Å². The maximum atomic E-state index is 5.76. The third kappa shape index (κ3) is 1.58. The Morgan fingerprint density at radius 1 is 1.36 bits per heavy atom. The highest BCUT2D eigenvalue weighted by molar-refractivity contribution is 14.1. The van der Waals surface area contributed by atoms with Crippen molar-refractivity contribution >= 4 is 34.0 Å². The van der Waals surface area contributed by atoms with Gasteiger partial charge in [-0.15, -0.1) is 0 Å². The Morgan fingerprint density at radius 3 is 2.45 bits per heavy atom. The van der Waals surface area contributed by atoms with E-state index in [0.29, 0.717) is 5.69 Å². The van der Waals surface area contributed by atoms with Crippen LogP contribution < -0.4 is 11.5 Å². The average Bonchev–Trinajstić information content (AvgIpc) is 1.99. The summed E-state index contributed by atoms with van der Waals surface area (Å²) in [5, 5.41) is 0. The van der Waals surface area contributed by atoms with Crippen LogP contribution in [0.5, 0.6) is 0 Å². The lowest BCUT2D eigenvalue weighted by Crippen LogP contribution is -2.00. The van der Waals surface area contributed by atoms with Crippen LogP contribution in [0.2, 0.25) is 0 Å². The van der Waals surface area contributed by atoms with Crippen molar-refractivity contribution in [1.29, 1.82) is 0 Å². The van der Waals surface area contributed by atoms with E-state index in [1.54, 1.807) is 0 Å². The molecule has 1 aromatic rings. The van der Waals surface area contributed by atoms with E-state index in [1.807, 2.05) is 12.1 Å². The molecule has 2 nitrogen and oxygen atoms in total. The topological polar surface area (TPSA) is 52.0 Å². The maximum absolute atomic E-state index is 5.76. The molecule has 0 spiro atoms. The van der Waals surface area contributed by atoms with E-state index in [-0.39, 0.29) is 0 Å². The van der Waals surface area contributed by atoms with Crippen LogP contribution in [-0.4, -0.2) is 0 Å². The zero-order valence-electron chi connectivity index (χ0n) is 6.39. The zero-order chi connectivity index (χ0) is 8.43. The van der Waals surface area contributed by atoms with Crippen molar-refractivity contribution in [1.82, 2.24) is 0 Å². The largest absolute Gasteiger partial charge is 0.397 e. The Balaban J connectivity index is 3.29. The van der Waals surface area contributed by atoms with Crippen molar-refractivity contribution in [2.24, 2.45) is 0 Å². The number of hydrogen-bond donors (Lipinski definition) is 2. The number of nitrogens with two attached hydrogens (primary N) is 2. The van der Waals surface area contributed by atoms with Gasteiger partial charge in [-0.25, -0.2) is 0 Å². The van der Waals surface area contributed by atoms with Crippen molar-refractivity contribution in [2.75, 3.05) is 11.5 Å². The Bertz CT molecular complexity index is 271. The van der Waals surface area contributed by atoms with E-state index in [2.05, 4.69) is 29.5 Å². The van der Waals surface area contributed by atoms with Crippen molar-refractivity contribution in [3.63, 3.8) is 0 Å². The number of rotatable bonds is 1. The third-order valence-corrected chi connectivity index (χ3v) is 2.70. The van der Waals surface area contributed by atoms with Crippen LogP contribution >= 0.6 is 22.6 Å². The minimum Gasteiger partial charge on any atom is -0.397 e. The van der Waals surface area contributed by atoms with Crippen molar-refractivity contribution in [3.8, 4) is 0 Å². The summed E-state index contributed by atoms with van der Waals surface area (Å²) in [5.74, 6) is 0. The van der Waals surface area contributed by atoms with Crippen LogP contribution in [0.15, 0.2) is 12.1 Å². The highest BCUT2D eigenvalue weighted by Gasteiger charge is 2.03. The Hall–Kier alpha value is -0.450. The number of anilines is 2. The highest BCUT2D eigenvalue weighted by Crippen LogP contribution is 2.25. The molecular weight excluding hydrogens is 251 g/mol. The molecule has 4 N–H and O–H groups in total. The monoisotopic (exact) mass is 262 g/mol. The smallest absolute Gasteiger partial charge is 0.0590 e. The van der Waals surface area contributed by atoms with Gasteiger partial charge in [0.1, 0.15) is 0 Å². The summed E-state index contributed by atoms with van der Waals surface area (Å²) in [6.45, 7) is 2.08. The Morgan fingerprint density at radius 2 is 2.00 bits per heavy atom. The second kappa shape index (κ2) is 3.30. The number of nitrogen functional groups attached to an aromatic ring is 2. The van der Waals surface area contributed by atoms with E-state index in [1.165, 1.54) is 3.57 Å². The minimum absolute atomic E-state index is 0.683. The summed E-state index contributed by atoms with van der Waals surface area (Å²) >= 11 is 2.27. The standard InChI is InChI=1S/C8H11IN2/c1-2-5-6(9)3-4-7(10)8(5)11/h3-4H,2,10-11H2,1H3. The summed E-state index contributed by atoms with van der Waals surface area (Å²) in [5.41, 5.74) is 14.0. The molecule has 0 heterocycles. The van der Waals surface area contributed by atoms with Crippen LogP contribution in [0.25, 0.3) is 0 Å². The summed E-state index contributed by atoms with van der Waals surface area (Å²) in [6, 6.07) is 3.83. The van der Waals surface area contributed by atoms with E-state index in [0.717, 1.165) is 17.7 Å². The van der Waals surface area contributed by atoms with Crippen molar-refractivity contribution in [2.45, 2.75) is 13.3 Å². The molecule has 0 aliphatic carbocycles. The molecule has 11 heavy (non-hydrogen) atoms. The van der Waals surface area contributed by atoms with Gasteiger partial charge in [0.25, 0.3) is 0 Å². The lowest BCUT2D eigenvalue weighted by atomic mass is 10.1. The molecule has 0 unspecified atom stereocenters. The fourth-order valence-electron chi connectivity index (χ4n) is 1.02. The van der Waals surface area contributed by atoms with Crippen LogP contribution in [0.3, 0.4) is 0 Å². The summed E-state index contributed by atoms with van der Waals surface area (Å²) in [7, 11) is 0. The first kappa shape index (κ1) is 8.64. The van der Waals surface area contributed by atoms with Gasteiger partial charge >= 0.3 is 0 Å². The van der Waals surface area contributed by atoms with Gasteiger partial charge in [-0.1, -0.05) is 6.92 Å². The number of hydrogen-bond acceptors (Lipinski definition) is 2. The first-order valence-corrected chi connectivity index (χ1v) is 4.57. The lowest BCUT2D eigenvalue weighted by Gasteiger charge is -2.07. The normalized spacial score (nSPS) is 10.0. The third-order valence-electron chi connectivity index (χ3n) is 1.69. The first-order valence-electron chi connectivity index (χ1n) is 3.49. The molecule has 0 fully saturated rings. The predicted molar refractivity (Wildman–Crippen MR) is 57.4 cm³/mol. The predicted octanol–water partition coefficient (Wildman–Crippen LogP) is 2.02. The van der Waals surface area contributed by atoms with Gasteiger partial charge in [-0.3, -0.25) is 0 Å². The van der Waals surface area contributed by atoms with E-state index in [9.17, 15) is 0 Å². The molecule has 60 valence electrons. The molecule has 0 bridgehead atoms. The molecule has 0 aliphatic heterocycles. The van der Waals surface area contributed by atoms with Gasteiger partial charge in [0.15, 0.2) is 0 Å². The van der Waals surface area contributed by atoms with Gasteiger partial charge in [-0.05, 0) is 46.7 Å². The van der Waals surface area contributed by atoms with Gasteiger partial charge in [0, 0.05) is 3.57 Å². The van der Waals surface area contributed by atoms with Gasteiger partial charge in [-0.2, -0.15) is 0 Å². The zero-order valence-corrected chi connectivity index (χ0v) is 8.55. The fourth-order valence-corrected chi connectivity index (χ4v) is 1.87. The van der Waals surface area contributed by atoms with E-state index >= 15 is 0 Å². The molecule has 1 rings (SSSR count). The quantitative estimate of drug-likeness (QED) is 0.601. The average molecular weight is 262 g/mol. The van der Waals surface area contributed by atoms with E-state index < -0.39 is 0 Å². The Kier molecular flexibility index (Phi) is 2.59. The lowest BCUT2D eigenvalue weighted by molar-refractivity contribution is 1.13. The summed E-state index contributed by atoms with van der Waals surface area (Å²) < 4.78 is 1.19. The molecule has 0 aromatic heterocycles. The van der Waals surface area contributed by atoms with Crippen LogP contribution in [0.4, 0.5) is 11.4 Å². The molecular formula is C8H11IN2. The second-order valence-corrected chi connectivity index (χ2v) is 3.54. The molecule has 0 atom stereocenters. The van der Waals surface area contributed by atoms with Gasteiger partial charge in [0.2, 0.25) is 0 Å². The fraction of sp³-hybridized carbons (Fsp3) is 0.250. The molecule has 0 saturated heterocycles. The molecule has 1 aromatic carbocycles. The van der Waals surface area contributed by atoms with Gasteiger partial charge < -0.3 is 11.5 Å². The molecule has 0 amide bonds.